The molecule has 0 bridgehead atoms. The second kappa shape index (κ2) is 4.39. The van der Waals surface area contributed by atoms with Crippen LogP contribution in [-0.2, 0) is 19.7 Å². The quantitative estimate of drug-likeness (QED) is 0.820. The van der Waals surface area contributed by atoms with Gasteiger partial charge in [-0.3, -0.25) is 0 Å². The van der Waals surface area contributed by atoms with E-state index in [1.165, 1.54) is 31.2 Å². The highest BCUT2D eigenvalue weighted by Gasteiger charge is 2.14. The van der Waals surface area contributed by atoms with Crippen LogP contribution < -0.4 is 0 Å². The Bertz CT molecular complexity index is 580. The average Bonchev–Trinajstić information content (AvgIpc) is 2.29. The summed E-state index contributed by atoms with van der Waals surface area (Å²) in [5, 5.41) is 0.830. The molecule has 0 N–H and O–H groups in total. The molecule has 1 aromatic carbocycles. The number of rotatable bonds is 4. The molecule has 16 heavy (non-hydrogen) atoms. The van der Waals surface area contributed by atoms with Gasteiger partial charge < -0.3 is 0 Å². The minimum absolute atomic E-state index is 0.0133. The molecule has 0 aliphatic carbocycles. The maximum absolute atomic E-state index is 11.5. The molecule has 88 valence electrons. The van der Waals surface area contributed by atoms with Crippen LogP contribution in [0.1, 0.15) is 6.92 Å². The van der Waals surface area contributed by atoms with Gasteiger partial charge in [-0.25, -0.2) is 16.8 Å². The van der Waals surface area contributed by atoms with Gasteiger partial charge in [0.2, 0.25) is 0 Å². The largest absolute Gasteiger partial charge is 0.224 e. The van der Waals surface area contributed by atoms with E-state index in [0.29, 0.717) is 0 Å². The highest BCUT2D eigenvalue weighted by Crippen LogP contribution is 2.16. The van der Waals surface area contributed by atoms with Gasteiger partial charge in [-0.1, -0.05) is 13.5 Å². The van der Waals surface area contributed by atoms with Crippen molar-refractivity contribution in [3.05, 3.63) is 36.3 Å². The molecule has 6 heteroatoms. The third-order valence-corrected chi connectivity index (χ3v) is 5.23. The van der Waals surface area contributed by atoms with E-state index in [0.717, 1.165) is 5.41 Å². The van der Waals surface area contributed by atoms with E-state index in [1.54, 1.807) is 0 Å². The van der Waals surface area contributed by atoms with E-state index >= 15 is 0 Å². The molecule has 0 aliphatic heterocycles. The van der Waals surface area contributed by atoms with Crippen LogP contribution in [0.5, 0.6) is 0 Å². The van der Waals surface area contributed by atoms with E-state index < -0.39 is 19.7 Å². The van der Waals surface area contributed by atoms with Crippen molar-refractivity contribution >= 4 is 19.7 Å². The molecule has 0 saturated heterocycles. The molecular formula is C10H12O4S2. The smallest absolute Gasteiger partial charge is 0.199 e. The number of sulfone groups is 2. The molecule has 1 rings (SSSR count). The number of benzene rings is 1. The van der Waals surface area contributed by atoms with Crippen LogP contribution in [0, 0.1) is 0 Å². The summed E-state index contributed by atoms with van der Waals surface area (Å²) in [4.78, 5) is 0.163. The molecule has 0 saturated carbocycles. The lowest BCUT2D eigenvalue weighted by Crippen LogP contribution is -2.04. The highest BCUT2D eigenvalue weighted by atomic mass is 32.2. The molecule has 0 radical (unpaired) electrons. The van der Waals surface area contributed by atoms with Crippen LogP contribution in [0.2, 0.25) is 0 Å². The average molecular weight is 260 g/mol. The van der Waals surface area contributed by atoms with Gasteiger partial charge in [0, 0.05) is 5.41 Å². The van der Waals surface area contributed by atoms with Crippen LogP contribution in [0.3, 0.4) is 0 Å². The van der Waals surface area contributed by atoms with Crippen LogP contribution in [0.15, 0.2) is 46.0 Å². The molecule has 0 unspecified atom stereocenters. The zero-order valence-electron chi connectivity index (χ0n) is 8.75. The van der Waals surface area contributed by atoms with Gasteiger partial charge in [0.1, 0.15) is 0 Å². The maximum atomic E-state index is 11.5. The molecule has 0 aromatic heterocycles. The Hall–Kier alpha value is -1.14. The van der Waals surface area contributed by atoms with Gasteiger partial charge in [-0.2, -0.15) is 0 Å². The standard InChI is InChI=1S/C10H12O4S2/c1-3-15(11,12)9-5-7-10(8-6-9)16(13,14)4-2/h3,5-8H,1,4H2,2H3. The van der Waals surface area contributed by atoms with Crippen LogP contribution in [-0.4, -0.2) is 22.6 Å². The first kappa shape index (κ1) is 12.9. The van der Waals surface area contributed by atoms with E-state index in [4.69, 9.17) is 0 Å². The third-order valence-electron chi connectivity index (χ3n) is 2.11. The van der Waals surface area contributed by atoms with E-state index in [9.17, 15) is 16.8 Å². The van der Waals surface area contributed by atoms with Crippen LogP contribution in [0.25, 0.3) is 0 Å². The van der Waals surface area contributed by atoms with Crippen LogP contribution in [0.4, 0.5) is 0 Å². The monoisotopic (exact) mass is 260 g/mol. The van der Waals surface area contributed by atoms with Crippen molar-refractivity contribution in [3.8, 4) is 0 Å². The van der Waals surface area contributed by atoms with Crippen molar-refractivity contribution in [1.29, 1.82) is 0 Å². The zero-order chi connectivity index (χ0) is 12.4. The maximum Gasteiger partial charge on any atom is 0.199 e. The van der Waals surface area contributed by atoms with Crippen molar-refractivity contribution in [3.63, 3.8) is 0 Å². The van der Waals surface area contributed by atoms with E-state index in [2.05, 4.69) is 6.58 Å². The second-order valence-electron chi connectivity index (χ2n) is 3.09. The first-order valence-corrected chi connectivity index (χ1v) is 7.73. The molecule has 0 fully saturated rings. The fourth-order valence-electron chi connectivity index (χ4n) is 1.10. The van der Waals surface area contributed by atoms with Crippen molar-refractivity contribution < 1.29 is 16.8 Å². The van der Waals surface area contributed by atoms with E-state index in [-0.39, 0.29) is 15.5 Å². The van der Waals surface area contributed by atoms with Crippen LogP contribution >= 0.6 is 0 Å². The minimum Gasteiger partial charge on any atom is -0.224 e. The third kappa shape index (κ3) is 2.51. The lowest BCUT2D eigenvalue weighted by atomic mass is 10.4. The summed E-state index contributed by atoms with van der Waals surface area (Å²) in [6.45, 7) is 4.72. The summed E-state index contributed by atoms with van der Waals surface area (Å²) in [7, 11) is -6.79. The number of hydrogen-bond donors (Lipinski definition) is 0. The molecule has 0 aliphatic rings. The van der Waals surface area contributed by atoms with Gasteiger partial charge in [0.15, 0.2) is 19.7 Å². The van der Waals surface area contributed by atoms with Gasteiger partial charge >= 0.3 is 0 Å². The summed E-state index contributed by atoms with van der Waals surface area (Å²) >= 11 is 0. The second-order valence-corrected chi connectivity index (χ2v) is 7.26. The Kier molecular flexibility index (Phi) is 3.54. The SMILES string of the molecule is C=CS(=O)(=O)c1ccc(S(=O)(=O)CC)cc1. The highest BCUT2D eigenvalue weighted by molar-refractivity contribution is 7.94. The lowest BCUT2D eigenvalue weighted by molar-refractivity contribution is 0.595. The molecule has 0 heterocycles. The van der Waals surface area contributed by atoms with Crippen molar-refractivity contribution in [1.82, 2.24) is 0 Å². The molecule has 0 spiro atoms. The van der Waals surface area contributed by atoms with Gasteiger partial charge in [0.25, 0.3) is 0 Å². The Morgan fingerprint density at radius 2 is 1.50 bits per heavy atom. The molecule has 0 atom stereocenters. The summed E-state index contributed by atoms with van der Waals surface area (Å²) < 4.78 is 45.7. The topological polar surface area (TPSA) is 68.3 Å². The first-order chi connectivity index (χ1) is 7.33. The predicted octanol–water partition coefficient (Wildman–Crippen LogP) is 1.40. The first-order valence-electron chi connectivity index (χ1n) is 4.54. The lowest BCUT2D eigenvalue weighted by Gasteiger charge is -2.02. The summed E-state index contributed by atoms with van der Waals surface area (Å²) in [6.07, 6.45) is 0. The Morgan fingerprint density at radius 3 is 1.88 bits per heavy atom. The molecule has 4 nitrogen and oxygen atoms in total. The zero-order valence-corrected chi connectivity index (χ0v) is 10.4. The summed E-state index contributed by atoms with van der Waals surface area (Å²) in [5.74, 6) is -0.0133. The van der Waals surface area contributed by atoms with E-state index in [1.807, 2.05) is 0 Å². The van der Waals surface area contributed by atoms with Gasteiger partial charge in [0.05, 0.1) is 15.5 Å². The Balaban J connectivity index is 3.26. The predicted molar refractivity (Wildman–Crippen MR) is 61.6 cm³/mol. The summed E-state index contributed by atoms with van der Waals surface area (Å²) in [5.41, 5.74) is 0. The Morgan fingerprint density at radius 1 is 1.06 bits per heavy atom. The van der Waals surface area contributed by atoms with Gasteiger partial charge in [-0.05, 0) is 24.3 Å². The minimum atomic E-state index is -3.50. The fraction of sp³-hybridized carbons (Fsp3) is 0.200. The van der Waals surface area contributed by atoms with Crippen molar-refractivity contribution in [2.75, 3.05) is 5.75 Å². The fourth-order valence-corrected chi connectivity index (χ4v) is 2.69. The summed E-state index contributed by atoms with van der Waals surface area (Å²) in [6, 6.07) is 5.10. The van der Waals surface area contributed by atoms with Crippen molar-refractivity contribution in [2.24, 2.45) is 0 Å². The molecular weight excluding hydrogens is 248 g/mol. The van der Waals surface area contributed by atoms with Crippen molar-refractivity contribution in [2.45, 2.75) is 16.7 Å². The van der Waals surface area contributed by atoms with Gasteiger partial charge in [-0.15, -0.1) is 0 Å². The number of hydrogen-bond acceptors (Lipinski definition) is 4. The molecule has 0 amide bonds. The normalized spacial score (nSPS) is 12.3. The molecule has 1 aromatic rings. The Labute approximate surface area is 95.5 Å².